The molecule has 0 aliphatic carbocycles. The van der Waals surface area contributed by atoms with Gasteiger partial charge in [-0.3, -0.25) is 4.98 Å². The van der Waals surface area contributed by atoms with Gasteiger partial charge in [-0.05, 0) is 36.2 Å². The van der Waals surface area contributed by atoms with Crippen molar-refractivity contribution in [3.63, 3.8) is 0 Å². The summed E-state index contributed by atoms with van der Waals surface area (Å²) >= 11 is 0. The first-order valence-electron chi connectivity index (χ1n) is 6.79. The van der Waals surface area contributed by atoms with Gasteiger partial charge in [-0.15, -0.1) is 0 Å². The molecule has 1 heterocycles. The van der Waals surface area contributed by atoms with Crippen LogP contribution in [0.25, 0.3) is 10.9 Å². The van der Waals surface area contributed by atoms with Crippen LogP contribution in [-0.4, -0.2) is 16.7 Å². The average Bonchev–Trinajstić information content (AvgIpc) is 2.52. The van der Waals surface area contributed by atoms with Crippen LogP contribution in [0.1, 0.15) is 5.56 Å². The van der Waals surface area contributed by atoms with E-state index in [0.29, 0.717) is 23.6 Å². The quantitative estimate of drug-likeness (QED) is 0.770. The molecular weight excluding hydrogens is 264 g/mol. The maximum Gasteiger partial charge on any atom is 0.161 e. The molecule has 3 rings (SSSR count). The minimum Gasteiger partial charge on any atom is -0.454 e. The Morgan fingerprint density at radius 1 is 1.05 bits per heavy atom. The smallest absolute Gasteiger partial charge is 0.161 e. The molecule has 106 valence electrons. The molecule has 0 amide bonds. The van der Waals surface area contributed by atoms with Crippen LogP contribution in [0.4, 0.5) is 5.69 Å². The number of hydrogen-bond donors (Lipinski definition) is 2. The number of para-hydroxylation sites is 1. The van der Waals surface area contributed by atoms with Gasteiger partial charge in [-0.1, -0.05) is 24.3 Å². The minimum atomic E-state index is 0.141. The van der Waals surface area contributed by atoms with Crippen molar-refractivity contribution >= 4 is 16.6 Å². The summed E-state index contributed by atoms with van der Waals surface area (Å²) in [6, 6.07) is 15.3. The number of aliphatic hydroxyl groups excluding tert-OH is 1. The standard InChI is InChI=1S/C17H16N2O2/c18-15-11-19-16-4-2-1-3-14(16)17(15)21-13-7-5-12(6-8-13)9-10-20/h1-8,11,20H,9-10,18H2. The van der Waals surface area contributed by atoms with Crippen molar-refractivity contribution in [2.24, 2.45) is 0 Å². The van der Waals surface area contributed by atoms with E-state index in [2.05, 4.69) is 4.98 Å². The van der Waals surface area contributed by atoms with Gasteiger partial charge in [0.05, 0.1) is 17.4 Å². The lowest BCUT2D eigenvalue weighted by molar-refractivity contribution is 0.299. The Morgan fingerprint density at radius 2 is 1.81 bits per heavy atom. The van der Waals surface area contributed by atoms with Crippen LogP contribution in [0.2, 0.25) is 0 Å². The topological polar surface area (TPSA) is 68.4 Å². The lowest BCUT2D eigenvalue weighted by Crippen LogP contribution is -1.95. The van der Waals surface area contributed by atoms with E-state index >= 15 is 0 Å². The third-order valence-electron chi connectivity index (χ3n) is 3.30. The number of nitrogens with zero attached hydrogens (tertiary/aromatic N) is 1. The van der Waals surface area contributed by atoms with Crippen molar-refractivity contribution in [3.8, 4) is 11.5 Å². The molecule has 0 aliphatic heterocycles. The van der Waals surface area contributed by atoms with E-state index in [0.717, 1.165) is 16.5 Å². The van der Waals surface area contributed by atoms with Gasteiger partial charge < -0.3 is 15.6 Å². The second-order valence-corrected chi connectivity index (χ2v) is 4.78. The Balaban J connectivity index is 1.95. The monoisotopic (exact) mass is 280 g/mol. The Morgan fingerprint density at radius 3 is 2.57 bits per heavy atom. The number of nitrogens with two attached hydrogens (primary N) is 1. The summed E-state index contributed by atoms with van der Waals surface area (Å²) in [7, 11) is 0. The molecule has 3 N–H and O–H groups in total. The number of ether oxygens (including phenoxy) is 1. The molecule has 4 nitrogen and oxygen atoms in total. The molecule has 3 aromatic rings. The van der Waals surface area contributed by atoms with Crippen LogP contribution >= 0.6 is 0 Å². The molecule has 2 aromatic carbocycles. The van der Waals surface area contributed by atoms with Crippen LogP contribution in [0.15, 0.2) is 54.7 Å². The number of aliphatic hydroxyl groups is 1. The Labute approximate surface area is 122 Å². The van der Waals surface area contributed by atoms with Gasteiger partial charge in [0.15, 0.2) is 5.75 Å². The van der Waals surface area contributed by atoms with Gasteiger partial charge in [-0.25, -0.2) is 0 Å². The molecule has 0 fully saturated rings. The molecule has 0 atom stereocenters. The lowest BCUT2D eigenvalue weighted by Gasteiger charge is -2.11. The van der Waals surface area contributed by atoms with Crippen molar-refractivity contribution in [2.45, 2.75) is 6.42 Å². The average molecular weight is 280 g/mol. The summed E-state index contributed by atoms with van der Waals surface area (Å²) in [6.45, 7) is 0.141. The second kappa shape index (κ2) is 5.81. The predicted octanol–water partition coefficient (Wildman–Crippen LogP) is 3.14. The summed E-state index contributed by atoms with van der Waals surface area (Å²) in [5.74, 6) is 1.33. The number of anilines is 1. The van der Waals surface area contributed by atoms with Crippen molar-refractivity contribution in [1.29, 1.82) is 0 Å². The molecule has 0 radical (unpaired) electrons. The number of benzene rings is 2. The van der Waals surface area contributed by atoms with Gasteiger partial charge >= 0.3 is 0 Å². The van der Waals surface area contributed by atoms with Crippen molar-refractivity contribution < 1.29 is 9.84 Å². The number of aromatic nitrogens is 1. The number of nitrogen functional groups attached to an aromatic ring is 1. The highest BCUT2D eigenvalue weighted by atomic mass is 16.5. The molecule has 21 heavy (non-hydrogen) atoms. The Bertz CT molecular complexity index is 754. The fourth-order valence-corrected chi connectivity index (χ4v) is 2.22. The molecule has 0 saturated carbocycles. The van der Waals surface area contributed by atoms with E-state index in [9.17, 15) is 0 Å². The highest BCUT2D eigenvalue weighted by molar-refractivity contribution is 5.89. The highest BCUT2D eigenvalue weighted by Gasteiger charge is 2.08. The van der Waals surface area contributed by atoms with Crippen LogP contribution in [-0.2, 0) is 6.42 Å². The molecule has 0 unspecified atom stereocenters. The number of hydrogen-bond acceptors (Lipinski definition) is 4. The summed E-state index contributed by atoms with van der Waals surface area (Å²) in [5, 5.41) is 9.81. The van der Waals surface area contributed by atoms with E-state index in [1.165, 1.54) is 0 Å². The van der Waals surface area contributed by atoms with E-state index in [1.54, 1.807) is 6.20 Å². The molecule has 0 aliphatic rings. The fraction of sp³-hybridized carbons (Fsp3) is 0.118. The first kappa shape index (κ1) is 13.4. The maximum absolute atomic E-state index is 8.92. The van der Waals surface area contributed by atoms with Crippen LogP contribution in [0, 0.1) is 0 Å². The summed E-state index contributed by atoms with van der Waals surface area (Å²) < 4.78 is 5.93. The first-order valence-corrected chi connectivity index (χ1v) is 6.79. The van der Waals surface area contributed by atoms with Gasteiger partial charge in [0.2, 0.25) is 0 Å². The maximum atomic E-state index is 8.92. The van der Waals surface area contributed by atoms with E-state index in [1.807, 2.05) is 48.5 Å². The molecular formula is C17H16N2O2. The summed E-state index contributed by atoms with van der Waals surface area (Å²) in [4.78, 5) is 4.29. The largest absolute Gasteiger partial charge is 0.454 e. The highest BCUT2D eigenvalue weighted by Crippen LogP contribution is 2.34. The predicted molar refractivity (Wildman–Crippen MR) is 83.5 cm³/mol. The van der Waals surface area contributed by atoms with Crippen LogP contribution < -0.4 is 10.5 Å². The van der Waals surface area contributed by atoms with Crippen LogP contribution in [0.3, 0.4) is 0 Å². The van der Waals surface area contributed by atoms with E-state index in [4.69, 9.17) is 15.6 Å². The van der Waals surface area contributed by atoms with Crippen LogP contribution in [0.5, 0.6) is 11.5 Å². The number of pyridine rings is 1. The van der Waals surface area contributed by atoms with Crippen molar-refractivity contribution in [1.82, 2.24) is 4.98 Å². The second-order valence-electron chi connectivity index (χ2n) is 4.78. The normalized spacial score (nSPS) is 10.7. The van der Waals surface area contributed by atoms with Gasteiger partial charge in [0, 0.05) is 12.0 Å². The van der Waals surface area contributed by atoms with Gasteiger partial charge in [-0.2, -0.15) is 0 Å². The zero-order valence-electron chi connectivity index (χ0n) is 11.5. The van der Waals surface area contributed by atoms with E-state index < -0.39 is 0 Å². The van der Waals surface area contributed by atoms with E-state index in [-0.39, 0.29) is 6.61 Å². The molecule has 0 spiro atoms. The fourth-order valence-electron chi connectivity index (χ4n) is 2.22. The molecule has 0 saturated heterocycles. The van der Waals surface area contributed by atoms with Crippen molar-refractivity contribution in [3.05, 3.63) is 60.3 Å². The molecule has 0 bridgehead atoms. The lowest BCUT2D eigenvalue weighted by atomic mass is 10.1. The SMILES string of the molecule is Nc1cnc2ccccc2c1Oc1ccc(CCO)cc1. The van der Waals surface area contributed by atoms with Crippen molar-refractivity contribution in [2.75, 3.05) is 12.3 Å². The minimum absolute atomic E-state index is 0.141. The third-order valence-corrected chi connectivity index (χ3v) is 3.30. The summed E-state index contributed by atoms with van der Waals surface area (Å²) in [6.07, 6.45) is 2.25. The van der Waals surface area contributed by atoms with Gasteiger partial charge in [0.1, 0.15) is 5.75 Å². The Kier molecular flexibility index (Phi) is 3.71. The number of rotatable bonds is 4. The zero-order chi connectivity index (χ0) is 14.7. The molecule has 1 aromatic heterocycles. The summed E-state index contributed by atoms with van der Waals surface area (Å²) in [5.41, 5.74) is 8.41. The molecule has 4 heteroatoms. The third kappa shape index (κ3) is 2.80. The zero-order valence-corrected chi connectivity index (χ0v) is 11.5. The Hall–Kier alpha value is -2.59. The first-order chi connectivity index (χ1) is 10.3. The van der Waals surface area contributed by atoms with Gasteiger partial charge in [0.25, 0.3) is 0 Å². The number of fused-ring (bicyclic) bond motifs is 1.